The fourth-order valence-corrected chi connectivity index (χ4v) is 2.46. The van der Waals surface area contributed by atoms with E-state index in [2.05, 4.69) is 22.5 Å². The number of amides is 1. The van der Waals surface area contributed by atoms with E-state index in [0.717, 1.165) is 18.5 Å². The molecule has 0 radical (unpaired) electrons. The van der Waals surface area contributed by atoms with Crippen molar-refractivity contribution in [3.05, 3.63) is 41.6 Å². The first-order valence-electron chi connectivity index (χ1n) is 6.41. The van der Waals surface area contributed by atoms with Crippen molar-refractivity contribution in [2.24, 2.45) is 0 Å². The lowest BCUT2D eigenvalue weighted by molar-refractivity contribution is -0.116. The molecule has 5 nitrogen and oxygen atoms in total. The standard InChI is InChI=1S/C14H16N4O/c15-13-6-7-18(17-13)9-14(19)16-12-5-4-10-2-1-3-11(10)8-12/h4-8H,1-3,9H2,(H2,15,17)(H,16,19). The second kappa shape index (κ2) is 4.76. The summed E-state index contributed by atoms with van der Waals surface area (Å²) in [7, 11) is 0. The van der Waals surface area contributed by atoms with Crippen LogP contribution in [0.4, 0.5) is 11.5 Å². The van der Waals surface area contributed by atoms with Crippen LogP contribution in [-0.4, -0.2) is 15.7 Å². The van der Waals surface area contributed by atoms with Crippen LogP contribution in [0, 0.1) is 0 Å². The summed E-state index contributed by atoms with van der Waals surface area (Å²) in [5.41, 5.74) is 9.11. The normalized spacial score (nSPS) is 13.3. The quantitative estimate of drug-likeness (QED) is 0.876. The van der Waals surface area contributed by atoms with Crippen molar-refractivity contribution in [2.45, 2.75) is 25.8 Å². The highest BCUT2D eigenvalue weighted by Gasteiger charge is 2.12. The van der Waals surface area contributed by atoms with E-state index < -0.39 is 0 Å². The molecule has 19 heavy (non-hydrogen) atoms. The number of nitrogens with zero attached hydrogens (tertiary/aromatic N) is 2. The molecule has 0 bridgehead atoms. The number of hydrogen-bond donors (Lipinski definition) is 2. The van der Waals surface area contributed by atoms with Gasteiger partial charge in [0.2, 0.25) is 5.91 Å². The number of nitrogen functional groups attached to an aromatic ring is 1. The van der Waals surface area contributed by atoms with Crippen molar-refractivity contribution in [2.75, 3.05) is 11.1 Å². The van der Waals surface area contributed by atoms with E-state index in [1.807, 2.05) is 6.07 Å². The van der Waals surface area contributed by atoms with Crippen LogP contribution in [-0.2, 0) is 24.2 Å². The minimum Gasteiger partial charge on any atom is -0.382 e. The first kappa shape index (κ1) is 11.8. The summed E-state index contributed by atoms with van der Waals surface area (Å²) < 4.78 is 1.53. The molecule has 0 unspecified atom stereocenters. The van der Waals surface area contributed by atoms with Crippen LogP contribution in [0.25, 0.3) is 0 Å². The van der Waals surface area contributed by atoms with E-state index in [1.165, 1.54) is 22.2 Å². The summed E-state index contributed by atoms with van der Waals surface area (Å²) in [5.74, 6) is 0.325. The highest BCUT2D eigenvalue weighted by molar-refractivity contribution is 5.90. The topological polar surface area (TPSA) is 72.9 Å². The fraction of sp³-hybridized carbons (Fsp3) is 0.286. The van der Waals surface area contributed by atoms with Gasteiger partial charge in [0.25, 0.3) is 0 Å². The van der Waals surface area contributed by atoms with Crippen molar-refractivity contribution >= 4 is 17.4 Å². The largest absolute Gasteiger partial charge is 0.382 e. The van der Waals surface area contributed by atoms with E-state index in [-0.39, 0.29) is 12.5 Å². The second-order valence-electron chi connectivity index (χ2n) is 4.82. The highest BCUT2D eigenvalue weighted by Crippen LogP contribution is 2.24. The molecule has 1 aliphatic rings. The Balaban J connectivity index is 1.66. The van der Waals surface area contributed by atoms with Gasteiger partial charge in [0.1, 0.15) is 12.4 Å². The van der Waals surface area contributed by atoms with Crippen LogP contribution in [0.15, 0.2) is 30.5 Å². The molecule has 1 aromatic heterocycles. The van der Waals surface area contributed by atoms with E-state index in [1.54, 1.807) is 12.3 Å². The minimum absolute atomic E-state index is 0.0963. The Bertz CT molecular complexity index is 618. The number of carbonyl (C=O) groups is 1. The molecule has 98 valence electrons. The van der Waals surface area contributed by atoms with Crippen LogP contribution >= 0.6 is 0 Å². The Morgan fingerprint density at radius 2 is 2.16 bits per heavy atom. The molecule has 1 heterocycles. The summed E-state index contributed by atoms with van der Waals surface area (Å²) in [6.45, 7) is 0.175. The van der Waals surface area contributed by atoms with Gasteiger partial charge >= 0.3 is 0 Å². The number of aryl methyl sites for hydroxylation is 2. The van der Waals surface area contributed by atoms with Crippen molar-refractivity contribution in [1.29, 1.82) is 0 Å². The molecule has 3 rings (SSSR count). The van der Waals surface area contributed by atoms with Gasteiger partial charge in [0.05, 0.1) is 0 Å². The van der Waals surface area contributed by atoms with Crippen LogP contribution in [0.1, 0.15) is 17.5 Å². The summed E-state index contributed by atoms with van der Waals surface area (Å²) in [4.78, 5) is 11.9. The summed E-state index contributed by atoms with van der Waals surface area (Å²) >= 11 is 0. The number of anilines is 2. The number of hydrogen-bond acceptors (Lipinski definition) is 3. The first-order chi connectivity index (χ1) is 9.20. The van der Waals surface area contributed by atoms with Crippen molar-refractivity contribution in [1.82, 2.24) is 9.78 Å². The molecule has 0 spiro atoms. The number of nitrogens with two attached hydrogens (primary N) is 1. The number of benzene rings is 1. The third-order valence-electron chi connectivity index (χ3n) is 3.35. The maximum absolute atomic E-state index is 11.9. The lowest BCUT2D eigenvalue weighted by Crippen LogP contribution is -2.19. The average molecular weight is 256 g/mol. The highest BCUT2D eigenvalue weighted by atomic mass is 16.2. The molecule has 0 saturated carbocycles. The van der Waals surface area contributed by atoms with Crippen LogP contribution in [0.5, 0.6) is 0 Å². The Kier molecular flexibility index (Phi) is 2.95. The zero-order valence-electron chi connectivity index (χ0n) is 10.6. The van der Waals surface area contributed by atoms with Gasteiger partial charge in [0, 0.05) is 11.9 Å². The van der Waals surface area contributed by atoms with E-state index in [4.69, 9.17) is 5.73 Å². The van der Waals surface area contributed by atoms with Crippen molar-refractivity contribution < 1.29 is 4.79 Å². The molecule has 1 aromatic carbocycles. The van der Waals surface area contributed by atoms with Crippen molar-refractivity contribution in [3.8, 4) is 0 Å². The van der Waals surface area contributed by atoms with Crippen LogP contribution in [0.2, 0.25) is 0 Å². The lowest BCUT2D eigenvalue weighted by Gasteiger charge is -2.07. The Hall–Kier alpha value is -2.30. The predicted molar refractivity (Wildman–Crippen MR) is 73.7 cm³/mol. The zero-order chi connectivity index (χ0) is 13.2. The van der Waals surface area contributed by atoms with Gasteiger partial charge in [-0.15, -0.1) is 0 Å². The molecule has 5 heteroatoms. The molecule has 1 aliphatic carbocycles. The van der Waals surface area contributed by atoms with Gasteiger partial charge in [-0.2, -0.15) is 5.10 Å². The molecule has 0 fully saturated rings. The smallest absolute Gasteiger partial charge is 0.246 e. The Labute approximate surface area is 111 Å². The average Bonchev–Trinajstić information content (AvgIpc) is 2.97. The Morgan fingerprint density at radius 3 is 2.95 bits per heavy atom. The van der Waals surface area contributed by atoms with Gasteiger partial charge < -0.3 is 11.1 Å². The molecule has 0 aliphatic heterocycles. The number of fused-ring (bicyclic) bond motifs is 1. The molecule has 1 amide bonds. The SMILES string of the molecule is Nc1ccn(CC(=O)Nc2ccc3c(c2)CCC3)n1. The van der Waals surface area contributed by atoms with Crippen LogP contribution in [0.3, 0.4) is 0 Å². The summed E-state index contributed by atoms with van der Waals surface area (Å²) in [6, 6.07) is 7.80. The molecule has 0 saturated heterocycles. The number of aromatic nitrogens is 2. The fourth-order valence-electron chi connectivity index (χ4n) is 2.46. The van der Waals surface area contributed by atoms with Gasteiger partial charge in [0.15, 0.2) is 0 Å². The van der Waals surface area contributed by atoms with Crippen molar-refractivity contribution in [3.63, 3.8) is 0 Å². The van der Waals surface area contributed by atoms with E-state index in [9.17, 15) is 4.79 Å². The molecule has 3 N–H and O–H groups in total. The molecule has 2 aromatic rings. The third-order valence-corrected chi connectivity index (χ3v) is 3.35. The van der Waals surface area contributed by atoms with Gasteiger partial charge in [-0.25, -0.2) is 0 Å². The summed E-state index contributed by atoms with van der Waals surface area (Å²) in [5, 5.41) is 6.87. The lowest BCUT2D eigenvalue weighted by atomic mass is 10.1. The first-order valence-corrected chi connectivity index (χ1v) is 6.41. The summed E-state index contributed by atoms with van der Waals surface area (Å²) in [6.07, 6.45) is 5.15. The van der Waals surface area contributed by atoms with Gasteiger partial charge in [-0.05, 0) is 48.6 Å². The molecular weight excluding hydrogens is 240 g/mol. The minimum atomic E-state index is -0.0963. The predicted octanol–water partition coefficient (Wildman–Crippen LogP) is 1.59. The molecular formula is C14H16N4O. The third kappa shape index (κ3) is 2.59. The maximum Gasteiger partial charge on any atom is 0.246 e. The number of nitrogens with one attached hydrogen (secondary N) is 1. The Morgan fingerprint density at radius 1 is 1.32 bits per heavy atom. The van der Waals surface area contributed by atoms with Gasteiger partial charge in [-0.3, -0.25) is 9.48 Å². The van der Waals surface area contributed by atoms with Gasteiger partial charge in [-0.1, -0.05) is 6.07 Å². The monoisotopic (exact) mass is 256 g/mol. The van der Waals surface area contributed by atoms with E-state index >= 15 is 0 Å². The zero-order valence-corrected chi connectivity index (χ0v) is 10.6. The molecule has 0 atom stereocenters. The number of carbonyl (C=O) groups excluding carboxylic acids is 1. The second-order valence-corrected chi connectivity index (χ2v) is 4.82. The number of rotatable bonds is 3. The van der Waals surface area contributed by atoms with E-state index in [0.29, 0.717) is 5.82 Å². The van der Waals surface area contributed by atoms with Crippen LogP contribution < -0.4 is 11.1 Å². The maximum atomic E-state index is 11.9.